The number of likely N-dealkylation sites (tertiary alicyclic amines) is 1. The van der Waals surface area contributed by atoms with Crippen molar-refractivity contribution in [1.29, 1.82) is 0 Å². The van der Waals surface area contributed by atoms with Gasteiger partial charge >= 0.3 is 5.63 Å². The zero-order valence-electron chi connectivity index (χ0n) is 10.3. The van der Waals surface area contributed by atoms with Crippen molar-refractivity contribution in [2.45, 2.75) is 19.5 Å². The Balaban J connectivity index is 2.02. The predicted octanol–water partition coefficient (Wildman–Crippen LogP) is 1.24. The summed E-state index contributed by atoms with van der Waals surface area (Å²) < 4.78 is 5.24. The van der Waals surface area contributed by atoms with E-state index in [0.29, 0.717) is 5.58 Å². The molecule has 1 fully saturated rings. The molecule has 1 aliphatic rings. The minimum Gasteiger partial charge on any atom is -0.423 e. The fourth-order valence-electron chi connectivity index (χ4n) is 2.45. The third kappa shape index (κ3) is 2.05. The number of hydrogen-bond acceptors (Lipinski definition) is 4. The predicted molar refractivity (Wildman–Crippen MR) is 70.5 cm³/mol. The zero-order valence-corrected chi connectivity index (χ0v) is 10.3. The highest BCUT2D eigenvalue weighted by Crippen LogP contribution is 2.21. The summed E-state index contributed by atoms with van der Waals surface area (Å²) in [5.41, 5.74) is 8.26. The van der Waals surface area contributed by atoms with E-state index in [1.807, 2.05) is 25.1 Å². The van der Waals surface area contributed by atoms with Crippen LogP contribution >= 0.6 is 0 Å². The van der Waals surface area contributed by atoms with Gasteiger partial charge < -0.3 is 10.2 Å². The lowest BCUT2D eigenvalue weighted by Crippen LogP contribution is -2.54. The minimum absolute atomic E-state index is 0.277. The molecule has 2 heterocycles. The van der Waals surface area contributed by atoms with E-state index in [0.717, 1.165) is 36.1 Å². The molecule has 0 atom stereocenters. The van der Waals surface area contributed by atoms with Crippen molar-refractivity contribution < 1.29 is 4.42 Å². The molecule has 0 unspecified atom stereocenters. The summed E-state index contributed by atoms with van der Waals surface area (Å²) in [5, 5.41) is 1.01. The summed E-state index contributed by atoms with van der Waals surface area (Å²) in [4.78, 5) is 13.8. The first-order valence-corrected chi connectivity index (χ1v) is 6.13. The fraction of sp³-hybridized carbons (Fsp3) is 0.357. The maximum atomic E-state index is 11.6. The molecule has 1 aromatic carbocycles. The lowest BCUT2D eigenvalue weighted by Gasteiger charge is -2.36. The molecular weight excluding hydrogens is 228 g/mol. The van der Waals surface area contributed by atoms with Crippen LogP contribution in [-0.2, 0) is 6.54 Å². The highest BCUT2D eigenvalue weighted by Gasteiger charge is 2.23. The molecule has 1 aliphatic heterocycles. The Bertz CT molecular complexity index is 642. The van der Waals surface area contributed by atoms with Gasteiger partial charge in [0.25, 0.3) is 0 Å². The second kappa shape index (κ2) is 4.23. The first-order chi connectivity index (χ1) is 8.61. The molecule has 0 aliphatic carbocycles. The SMILES string of the molecule is Cc1ccc2c(CN3CC(N)C3)cc(=O)oc2c1. The van der Waals surface area contributed by atoms with Crippen LogP contribution in [0.15, 0.2) is 33.5 Å². The lowest BCUT2D eigenvalue weighted by molar-refractivity contribution is 0.143. The molecule has 0 saturated carbocycles. The van der Waals surface area contributed by atoms with Crippen LogP contribution in [0, 0.1) is 6.92 Å². The average Bonchev–Trinajstić information content (AvgIpc) is 2.25. The Morgan fingerprint density at radius 1 is 1.39 bits per heavy atom. The second-order valence-corrected chi connectivity index (χ2v) is 5.04. The van der Waals surface area contributed by atoms with Crippen LogP contribution in [0.4, 0.5) is 0 Å². The Morgan fingerprint density at radius 2 is 2.17 bits per heavy atom. The van der Waals surface area contributed by atoms with Crippen molar-refractivity contribution in [2.75, 3.05) is 13.1 Å². The van der Waals surface area contributed by atoms with Gasteiger partial charge in [-0.1, -0.05) is 12.1 Å². The highest BCUT2D eigenvalue weighted by atomic mass is 16.4. The summed E-state index contributed by atoms with van der Waals surface area (Å²) in [6.45, 7) is 4.54. The third-order valence-corrected chi connectivity index (χ3v) is 3.37. The van der Waals surface area contributed by atoms with Crippen molar-refractivity contribution in [3.8, 4) is 0 Å². The van der Waals surface area contributed by atoms with Gasteiger partial charge in [-0.15, -0.1) is 0 Å². The summed E-state index contributed by atoms with van der Waals surface area (Å²) >= 11 is 0. The quantitative estimate of drug-likeness (QED) is 0.808. The second-order valence-electron chi connectivity index (χ2n) is 5.04. The van der Waals surface area contributed by atoms with E-state index in [-0.39, 0.29) is 11.7 Å². The maximum Gasteiger partial charge on any atom is 0.336 e. The number of hydrogen-bond donors (Lipinski definition) is 1. The van der Waals surface area contributed by atoms with Crippen molar-refractivity contribution >= 4 is 11.0 Å². The van der Waals surface area contributed by atoms with Crippen LogP contribution < -0.4 is 11.4 Å². The number of aryl methyl sites for hydroxylation is 1. The number of fused-ring (bicyclic) bond motifs is 1. The van der Waals surface area contributed by atoms with Crippen LogP contribution in [0.5, 0.6) is 0 Å². The molecule has 2 aromatic rings. The van der Waals surface area contributed by atoms with Gasteiger partial charge in [-0.2, -0.15) is 0 Å². The van der Waals surface area contributed by atoms with E-state index in [4.69, 9.17) is 10.2 Å². The van der Waals surface area contributed by atoms with Gasteiger partial charge in [0.2, 0.25) is 0 Å². The normalized spacial score (nSPS) is 17.0. The average molecular weight is 244 g/mol. The van der Waals surface area contributed by atoms with Crippen LogP contribution in [0.25, 0.3) is 11.0 Å². The molecule has 3 rings (SSSR count). The van der Waals surface area contributed by atoms with Gasteiger partial charge in [-0.05, 0) is 24.1 Å². The maximum absolute atomic E-state index is 11.6. The number of nitrogens with two attached hydrogens (primary N) is 1. The molecule has 0 radical (unpaired) electrons. The van der Waals surface area contributed by atoms with Gasteiger partial charge in [0.05, 0.1) is 0 Å². The lowest BCUT2D eigenvalue weighted by atomic mass is 10.0. The first-order valence-electron chi connectivity index (χ1n) is 6.13. The summed E-state index contributed by atoms with van der Waals surface area (Å²) in [6, 6.07) is 7.82. The summed E-state index contributed by atoms with van der Waals surface area (Å²) in [7, 11) is 0. The minimum atomic E-state index is -0.284. The van der Waals surface area contributed by atoms with Gasteiger partial charge in [-0.3, -0.25) is 4.90 Å². The summed E-state index contributed by atoms with van der Waals surface area (Å²) in [5.74, 6) is 0. The van der Waals surface area contributed by atoms with Crippen molar-refractivity contribution in [2.24, 2.45) is 5.73 Å². The van der Waals surface area contributed by atoms with E-state index in [1.54, 1.807) is 6.07 Å². The van der Waals surface area contributed by atoms with Crippen LogP contribution in [0.3, 0.4) is 0 Å². The standard InChI is InChI=1S/C14H16N2O2/c1-9-2-3-12-10(6-16-7-11(15)8-16)5-14(17)18-13(12)4-9/h2-5,11H,6-8,15H2,1H3. The van der Waals surface area contributed by atoms with Gasteiger partial charge in [-0.25, -0.2) is 4.79 Å². The van der Waals surface area contributed by atoms with Crippen molar-refractivity contribution in [3.05, 3.63) is 45.8 Å². The molecular formula is C14H16N2O2. The first kappa shape index (κ1) is 11.4. The Kier molecular flexibility index (Phi) is 2.69. The third-order valence-electron chi connectivity index (χ3n) is 3.37. The van der Waals surface area contributed by atoms with Crippen LogP contribution in [0.2, 0.25) is 0 Å². The molecule has 18 heavy (non-hydrogen) atoms. The largest absolute Gasteiger partial charge is 0.423 e. The fourth-order valence-corrected chi connectivity index (χ4v) is 2.45. The molecule has 0 amide bonds. The monoisotopic (exact) mass is 244 g/mol. The van der Waals surface area contributed by atoms with Gasteiger partial charge in [0, 0.05) is 37.1 Å². The van der Waals surface area contributed by atoms with E-state index in [9.17, 15) is 4.79 Å². The topological polar surface area (TPSA) is 59.5 Å². The Labute approximate surface area is 105 Å². The van der Waals surface area contributed by atoms with Crippen LogP contribution in [-0.4, -0.2) is 24.0 Å². The van der Waals surface area contributed by atoms with Crippen molar-refractivity contribution in [1.82, 2.24) is 4.90 Å². The highest BCUT2D eigenvalue weighted by molar-refractivity contribution is 5.80. The van der Waals surface area contributed by atoms with Crippen LogP contribution in [0.1, 0.15) is 11.1 Å². The Hall–Kier alpha value is -1.65. The molecule has 94 valence electrons. The smallest absolute Gasteiger partial charge is 0.336 e. The van der Waals surface area contributed by atoms with Gasteiger partial charge in [0.1, 0.15) is 5.58 Å². The van der Waals surface area contributed by atoms with Crippen molar-refractivity contribution in [3.63, 3.8) is 0 Å². The van der Waals surface area contributed by atoms with E-state index >= 15 is 0 Å². The molecule has 1 aromatic heterocycles. The van der Waals surface area contributed by atoms with E-state index in [1.165, 1.54) is 0 Å². The van der Waals surface area contributed by atoms with E-state index in [2.05, 4.69) is 4.90 Å². The number of nitrogens with zero attached hydrogens (tertiary/aromatic N) is 1. The molecule has 0 spiro atoms. The summed E-state index contributed by atoms with van der Waals surface area (Å²) in [6.07, 6.45) is 0. The van der Waals surface area contributed by atoms with Gasteiger partial charge in [0.15, 0.2) is 0 Å². The molecule has 0 bridgehead atoms. The number of rotatable bonds is 2. The van der Waals surface area contributed by atoms with E-state index < -0.39 is 0 Å². The molecule has 1 saturated heterocycles. The molecule has 2 N–H and O–H groups in total. The Morgan fingerprint density at radius 3 is 2.89 bits per heavy atom. The number of benzene rings is 1. The molecule has 4 heteroatoms. The molecule has 4 nitrogen and oxygen atoms in total. The zero-order chi connectivity index (χ0) is 12.7.